The van der Waals surface area contributed by atoms with E-state index in [9.17, 15) is 0 Å². The summed E-state index contributed by atoms with van der Waals surface area (Å²) in [6.45, 7) is 4.90. The number of nitrogens with one attached hydrogen (secondary N) is 1. The van der Waals surface area contributed by atoms with Crippen LogP contribution in [0.3, 0.4) is 0 Å². The van der Waals surface area contributed by atoms with Crippen LogP contribution in [0, 0.1) is 0 Å². The molecular weight excluding hydrogens is 210 g/mol. The fourth-order valence-electron chi connectivity index (χ4n) is 2.70. The third-order valence-electron chi connectivity index (χ3n) is 3.82. The summed E-state index contributed by atoms with van der Waals surface area (Å²) < 4.78 is 0. The number of rotatable bonds is 3. The maximum Gasteiger partial charge on any atom is 0.0736 e. The van der Waals surface area contributed by atoms with E-state index in [0.717, 1.165) is 0 Å². The molecule has 1 aromatic rings. The first-order valence-corrected chi connectivity index (χ1v) is 8.87. The monoisotopic (exact) mass is 232 g/mol. The molecule has 1 fully saturated rings. The van der Waals surface area contributed by atoms with Gasteiger partial charge in [-0.1, -0.05) is 50.6 Å². The van der Waals surface area contributed by atoms with Crippen LogP contribution in [0.5, 0.6) is 0 Å². The zero-order chi connectivity index (χ0) is 11.4. The van der Waals surface area contributed by atoms with Crippen molar-refractivity contribution < 1.29 is 0 Å². The summed E-state index contributed by atoms with van der Waals surface area (Å²) in [5.74, 6) is 0. The first-order valence-electron chi connectivity index (χ1n) is 6.37. The Labute approximate surface area is 101 Å². The van der Waals surface area contributed by atoms with Gasteiger partial charge in [-0.3, -0.25) is 0 Å². The van der Waals surface area contributed by atoms with Crippen LogP contribution in [0.15, 0.2) is 30.3 Å². The molecule has 87 valence electrons. The van der Waals surface area contributed by atoms with E-state index in [1.165, 1.54) is 37.8 Å². The van der Waals surface area contributed by atoms with Gasteiger partial charge in [0, 0.05) is 10.8 Å². The number of para-hydroxylation sites is 1. The van der Waals surface area contributed by atoms with Gasteiger partial charge in [-0.2, -0.15) is 0 Å². The number of anilines is 1. The Morgan fingerprint density at radius 2 is 1.62 bits per heavy atom. The van der Waals surface area contributed by atoms with E-state index in [-0.39, 0.29) is 8.80 Å². The minimum absolute atomic E-state index is 0.303. The molecule has 0 atom stereocenters. The van der Waals surface area contributed by atoms with Crippen LogP contribution in [-0.4, -0.2) is 14.0 Å². The second-order valence-electron chi connectivity index (χ2n) is 5.13. The summed E-state index contributed by atoms with van der Waals surface area (Å²) in [5.41, 5.74) is 1.30. The summed E-state index contributed by atoms with van der Waals surface area (Å²) in [6.07, 6.45) is 6.95. The van der Waals surface area contributed by atoms with Gasteiger partial charge in [0.2, 0.25) is 0 Å². The molecule has 1 saturated carbocycles. The molecule has 1 aliphatic carbocycles. The van der Waals surface area contributed by atoms with E-state index in [1.54, 1.807) is 0 Å². The summed E-state index contributed by atoms with van der Waals surface area (Å²) in [5, 5.41) is 4.27. The number of hydrogen-bond acceptors (Lipinski definition) is 1. The van der Waals surface area contributed by atoms with Crippen molar-refractivity contribution in [3.63, 3.8) is 0 Å². The molecule has 2 rings (SSSR count). The minimum atomic E-state index is -0.303. The van der Waals surface area contributed by atoms with Crippen LogP contribution in [-0.2, 0) is 0 Å². The Hall–Kier alpha value is -0.763. The molecule has 16 heavy (non-hydrogen) atoms. The molecule has 1 N–H and O–H groups in total. The largest absolute Gasteiger partial charge is 0.383 e. The van der Waals surface area contributed by atoms with Crippen LogP contribution < -0.4 is 5.32 Å². The quantitative estimate of drug-likeness (QED) is 0.774. The lowest BCUT2D eigenvalue weighted by atomic mass is 9.94. The van der Waals surface area contributed by atoms with Crippen LogP contribution in [0.1, 0.15) is 32.1 Å². The summed E-state index contributed by atoms with van der Waals surface area (Å²) in [7, 11) is -0.303. The fourth-order valence-corrected chi connectivity index (χ4v) is 4.45. The molecular formula is C14H22NSi. The molecule has 1 radical (unpaired) electrons. The molecule has 0 heterocycles. The maximum absolute atomic E-state index is 3.84. The predicted octanol–water partition coefficient (Wildman–Crippen LogP) is 4.10. The lowest BCUT2D eigenvalue weighted by molar-refractivity contribution is 0.414. The number of benzene rings is 1. The first-order chi connectivity index (χ1) is 7.73. The highest BCUT2D eigenvalue weighted by Crippen LogP contribution is 2.33. The van der Waals surface area contributed by atoms with Crippen LogP contribution in [0.4, 0.5) is 5.69 Å². The number of hydrogen-bond donors (Lipinski definition) is 1. The normalized spacial score (nSPS) is 19.7. The smallest absolute Gasteiger partial charge is 0.0736 e. The average molecular weight is 232 g/mol. The van der Waals surface area contributed by atoms with Crippen molar-refractivity contribution in [1.29, 1.82) is 0 Å². The van der Waals surface area contributed by atoms with Crippen molar-refractivity contribution in [1.82, 2.24) is 0 Å². The van der Waals surface area contributed by atoms with Crippen LogP contribution >= 0.6 is 0 Å². The van der Waals surface area contributed by atoms with Gasteiger partial charge in [0.1, 0.15) is 0 Å². The van der Waals surface area contributed by atoms with Gasteiger partial charge in [-0.25, -0.2) is 0 Å². The van der Waals surface area contributed by atoms with Crippen molar-refractivity contribution in [3.05, 3.63) is 30.3 Å². The third kappa shape index (κ3) is 2.49. The summed E-state index contributed by atoms with van der Waals surface area (Å²) in [6, 6.07) is 10.7. The Bertz CT molecular complexity index is 315. The van der Waals surface area contributed by atoms with E-state index in [4.69, 9.17) is 0 Å². The standard InChI is InChI=1S/C14H22NSi/c1-16(2)14(11-7-4-8-12-14)15-13-9-5-3-6-10-13/h3,5-6,9-10,15H,4,7-8,11-12H2,1-2H3. The molecule has 2 heteroatoms. The Morgan fingerprint density at radius 1 is 1.00 bits per heavy atom. The Kier molecular flexibility index (Phi) is 3.69. The molecule has 0 unspecified atom stereocenters. The van der Waals surface area contributed by atoms with Gasteiger partial charge < -0.3 is 5.32 Å². The molecule has 0 amide bonds. The predicted molar refractivity (Wildman–Crippen MR) is 73.4 cm³/mol. The van der Waals surface area contributed by atoms with E-state index in [0.29, 0.717) is 5.16 Å². The van der Waals surface area contributed by atoms with Crippen molar-refractivity contribution in [2.24, 2.45) is 0 Å². The molecule has 1 nitrogen and oxygen atoms in total. The molecule has 0 bridgehead atoms. The van der Waals surface area contributed by atoms with E-state index in [2.05, 4.69) is 48.7 Å². The second kappa shape index (κ2) is 5.04. The highest BCUT2D eigenvalue weighted by molar-refractivity contribution is 6.60. The van der Waals surface area contributed by atoms with Gasteiger partial charge in [0.05, 0.1) is 8.80 Å². The topological polar surface area (TPSA) is 12.0 Å². The van der Waals surface area contributed by atoms with Gasteiger partial charge in [0.25, 0.3) is 0 Å². The second-order valence-corrected chi connectivity index (χ2v) is 8.09. The Balaban J connectivity index is 2.14. The van der Waals surface area contributed by atoms with Gasteiger partial charge in [0.15, 0.2) is 0 Å². The third-order valence-corrected chi connectivity index (χ3v) is 6.36. The zero-order valence-electron chi connectivity index (χ0n) is 10.4. The zero-order valence-corrected chi connectivity index (χ0v) is 11.4. The Morgan fingerprint density at radius 3 is 2.19 bits per heavy atom. The van der Waals surface area contributed by atoms with Crippen molar-refractivity contribution in [2.75, 3.05) is 5.32 Å². The molecule has 0 spiro atoms. The summed E-state index contributed by atoms with van der Waals surface area (Å²) in [4.78, 5) is 0. The highest BCUT2D eigenvalue weighted by atomic mass is 28.3. The lowest BCUT2D eigenvalue weighted by Gasteiger charge is -2.42. The van der Waals surface area contributed by atoms with Crippen molar-refractivity contribution >= 4 is 14.5 Å². The molecule has 0 aliphatic heterocycles. The van der Waals surface area contributed by atoms with E-state index < -0.39 is 0 Å². The first kappa shape index (κ1) is 11.7. The summed E-state index contributed by atoms with van der Waals surface area (Å²) >= 11 is 0. The van der Waals surface area contributed by atoms with Crippen LogP contribution in [0.2, 0.25) is 13.1 Å². The molecule has 1 aliphatic rings. The van der Waals surface area contributed by atoms with Crippen LogP contribution in [0.25, 0.3) is 0 Å². The van der Waals surface area contributed by atoms with Crippen molar-refractivity contribution in [2.45, 2.75) is 50.4 Å². The highest BCUT2D eigenvalue weighted by Gasteiger charge is 2.35. The average Bonchev–Trinajstić information content (AvgIpc) is 2.31. The van der Waals surface area contributed by atoms with E-state index in [1.807, 2.05) is 0 Å². The SMILES string of the molecule is C[Si](C)C1(Nc2ccccc2)CCCCC1. The molecule has 0 aromatic heterocycles. The van der Waals surface area contributed by atoms with Gasteiger partial charge in [-0.05, 0) is 25.0 Å². The fraction of sp³-hybridized carbons (Fsp3) is 0.571. The lowest BCUT2D eigenvalue weighted by Crippen LogP contribution is -2.50. The maximum atomic E-state index is 3.84. The van der Waals surface area contributed by atoms with Gasteiger partial charge in [-0.15, -0.1) is 0 Å². The molecule has 0 saturated heterocycles. The van der Waals surface area contributed by atoms with Gasteiger partial charge >= 0.3 is 0 Å². The van der Waals surface area contributed by atoms with Crippen molar-refractivity contribution in [3.8, 4) is 0 Å². The minimum Gasteiger partial charge on any atom is -0.383 e. The van der Waals surface area contributed by atoms with E-state index >= 15 is 0 Å². The molecule has 1 aromatic carbocycles.